The van der Waals surface area contributed by atoms with Gasteiger partial charge in [-0.15, -0.1) is 0 Å². The lowest BCUT2D eigenvalue weighted by molar-refractivity contribution is -0.134. The van der Waals surface area contributed by atoms with Crippen molar-refractivity contribution in [2.45, 2.75) is 19.9 Å². The normalized spacial score (nSPS) is 15.2. The summed E-state index contributed by atoms with van der Waals surface area (Å²) in [6.45, 7) is 6.23. The van der Waals surface area contributed by atoms with E-state index in [0.29, 0.717) is 51.8 Å². The molecule has 31 heavy (non-hydrogen) atoms. The number of carbonyl (C=O) groups is 2. The smallest absolute Gasteiger partial charge is 0.251 e. The minimum atomic E-state index is -0.640. The Labute approximate surface area is 202 Å². The topological polar surface area (TPSA) is 52.7 Å². The van der Waals surface area contributed by atoms with E-state index in [9.17, 15) is 9.59 Å². The van der Waals surface area contributed by atoms with Crippen LogP contribution in [0, 0.1) is 5.92 Å². The number of benzene rings is 2. The number of hydrogen-bond donors (Lipinski definition) is 1. The van der Waals surface area contributed by atoms with Crippen LogP contribution in [0.15, 0.2) is 36.4 Å². The summed E-state index contributed by atoms with van der Waals surface area (Å²) in [4.78, 5) is 29.8. The fourth-order valence-electron chi connectivity index (χ4n) is 3.44. The predicted octanol–water partition coefficient (Wildman–Crippen LogP) is 5.40. The zero-order chi connectivity index (χ0) is 22.7. The van der Waals surface area contributed by atoms with Crippen molar-refractivity contribution in [3.8, 4) is 0 Å². The molecule has 0 aromatic heterocycles. The first-order valence-corrected chi connectivity index (χ1v) is 11.4. The van der Waals surface area contributed by atoms with Gasteiger partial charge in [0.15, 0.2) is 0 Å². The third kappa shape index (κ3) is 5.78. The van der Waals surface area contributed by atoms with Gasteiger partial charge >= 0.3 is 0 Å². The Kier molecular flexibility index (Phi) is 7.98. The summed E-state index contributed by atoms with van der Waals surface area (Å²) in [6.07, 6.45) is 0. The monoisotopic (exact) mass is 501 g/mol. The van der Waals surface area contributed by atoms with Gasteiger partial charge in [0.2, 0.25) is 5.91 Å². The summed E-state index contributed by atoms with van der Waals surface area (Å²) in [5.74, 6) is -0.537. The lowest BCUT2D eigenvalue weighted by atomic mass is 10.0. The fourth-order valence-corrected chi connectivity index (χ4v) is 4.03. The van der Waals surface area contributed by atoms with Crippen LogP contribution in [0.5, 0.6) is 0 Å². The van der Waals surface area contributed by atoms with Crippen molar-refractivity contribution in [2.24, 2.45) is 5.92 Å². The summed E-state index contributed by atoms with van der Waals surface area (Å²) in [6, 6.07) is 9.52. The van der Waals surface area contributed by atoms with Gasteiger partial charge < -0.3 is 15.1 Å². The summed E-state index contributed by atoms with van der Waals surface area (Å²) in [5, 5.41) is 4.53. The van der Waals surface area contributed by atoms with E-state index in [4.69, 9.17) is 46.4 Å². The van der Waals surface area contributed by atoms with Gasteiger partial charge in [-0.1, -0.05) is 60.3 Å². The van der Waals surface area contributed by atoms with E-state index in [1.54, 1.807) is 23.1 Å². The number of nitrogens with zero attached hydrogens (tertiary/aromatic N) is 2. The van der Waals surface area contributed by atoms with Crippen molar-refractivity contribution >= 4 is 63.9 Å². The Morgan fingerprint density at radius 1 is 0.839 bits per heavy atom. The first-order valence-electron chi connectivity index (χ1n) is 9.92. The minimum Gasteiger partial charge on any atom is -0.368 e. The van der Waals surface area contributed by atoms with Crippen molar-refractivity contribution in [3.63, 3.8) is 0 Å². The van der Waals surface area contributed by atoms with Crippen molar-refractivity contribution in [1.82, 2.24) is 10.2 Å². The molecule has 1 saturated heterocycles. The van der Waals surface area contributed by atoms with Crippen molar-refractivity contribution < 1.29 is 9.59 Å². The first-order chi connectivity index (χ1) is 14.7. The lowest BCUT2D eigenvalue weighted by Crippen LogP contribution is -2.56. The number of hydrogen-bond acceptors (Lipinski definition) is 3. The molecule has 0 spiro atoms. The molecule has 0 bridgehead atoms. The second kappa shape index (κ2) is 10.3. The van der Waals surface area contributed by atoms with E-state index in [1.165, 1.54) is 6.07 Å². The molecule has 3 rings (SSSR count). The fraction of sp³-hybridized carbons (Fsp3) is 0.364. The van der Waals surface area contributed by atoms with Gasteiger partial charge in [0, 0.05) is 37.4 Å². The molecular formula is C22H23Cl4N3O2. The second-order valence-corrected chi connectivity index (χ2v) is 9.36. The van der Waals surface area contributed by atoms with Crippen LogP contribution in [0.3, 0.4) is 0 Å². The van der Waals surface area contributed by atoms with Gasteiger partial charge in [-0.05, 0) is 42.3 Å². The number of halogens is 4. The van der Waals surface area contributed by atoms with Gasteiger partial charge in [0.05, 0.1) is 20.1 Å². The van der Waals surface area contributed by atoms with Crippen LogP contribution >= 0.6 is 46.4 Å². The molecule has 1 N–H and O–H groups in total. The number of amides is 2. The Bertz CT molecular complexity index is 975. The average molecular weight is 503 g/mol. The zero-order valence-corrected chi connectivity index (χ0v) is 20.2. The highest BCUT2D eigenvalue weighted by Gasteiger charge is 2.31. The maximum Gasteiger partial charge on any atom is 0.251 e. The van der Waals surface area contributed by atoms with Gasteiger partial charge in [0.1, 0.15) is 6.04 Å². The van der Waals surface area contributed by atoms with E-state index >= 15 is 0 Å². The molecule has 2 aromatic rings. The standard InChI is InChI=1S/C22H23Cl4N3O2/c1-13(2)20(27-21(30)14-3-5-16(23)18(25)11-14)22(31)29-9-7-28(8-10-29)15-4-6-17(24)19(26)12-15/h3-6,11-13,20H,7-10H2,1-2H3,(H,27,30). The van der Waals surface area contributed by atoms with E-state index in [0.717, 1.165) is 5.69 Å². The summed E-state index contributed by atoms with van der Waals surface area (Å²) >= 11 is 24.1. The van der Waals surface area contributed by atoms with E-state index in [-0.39, 0.29) is 17.7 Å². The summed E-state index contributed by atoms with van der Waals surface area (Å²) < 4.78 is 0. The minimum absolute atomic E-state index is 0.0766. The molecule has 0 aliphatic carbocycles. The molecule has 9 heteroatoms. The van der Waals surface area contributed by atoms with Crippen molar-refractivity contribution in [3.05, 3.63) is 62.1 Å². The van der Waals surface area contributed by atoms with Gasteiger partial charge in [-0.3, -0.25) is 9.59 Å². The third-order valence-corrected chi connectivity index (χ3v) is 6.74. The molecule has 1 aliphatic rings. The van der Waals surface area contributed by atoms with Crippen LogP contribution < -0.4 is 10.2 Å². The molecule has 166 valence electrons. The Morgan fingerprint density at radius 2 is 1.42 bits per heavy atom. The molecule has 2 amide bonds. The number of rotatable bonds is 5. The molecule has 1 atom stereocenters. The van der Waals surface area contributed by atoms with E-state index in [1.807, 2.05) is 26.0 Å². The number of carbonyl (C=O) groups excluding carboxylic acids is 2. The van der Waals surface area contributed by atoms with Crippen LogP contribution in [0.2, 0.25) is 20.1 Å². The molecule has 1 aliphatic heterocycles. The molecule has 0 saturated carbocycles. The van der Waals surface area contributed by atoms with Crippen molar-refractivity contribution in [2.75, 3.05) is 31.1 Å². The maximum atomic E-state index is 13.2. The van der Waals surface area contributed by atoms with Gasteiger partial charge in [-0.2, -0.15) is 0 Å². The highest BCUT2D eigenvalue weighted by atomic mass is 35.5. The van der Waals surface area contributed by atoms with Crippen molar-refractivity contribution in [1.29, 1.82) is 0 Å². The molecular weight excluding hydrogens is 480 g/mol. The van der Waals surface area contributed by atoms with Crippen LogP contribution in [-0.4, -0.2) is 48.9 Å². The molecule has 5 nitrogen and oxygen atoms in total. The molecule has 1 unspecified atom stereocenters. The largest absolute Gasteiger partial charge is 0.368 e. The Balaban J connectivity index is 1.64. The molecule has 1 fully saturated rings. The van der Waals surface area contributed by atoms with Gasteiger partial charge in [0.25, 0.3) is 5.91 Å². The Hall–Kier alpha value is -1.66. The van der Waals surface area contributed by atoms with E-state index < -0.39 is 6.04 Å². The Morgan fingerprint density at radius 3 is 1.97 bits per heavy atom. The SMILES string of the molecule is CC(C)C(NC(=O)c1ccc(Cl)c(Cl)c1)C(=O)N1CCN(c2ccc(Cl)c(Cl)c2)CC1. The van der Waals surface area contributed by atoms with Crippen LogP contribution in [0.1, 0.15) is 24.2 Å². The maximum absolute atomic E-state index is 13.2. The summed E-state index contributed by atoms with van der Waals surface area (Å²) in [5.41, 5.74) is 1.33. The number of nitrogens with one attached hydrogen (secondary N) is 1. The number of anilines is 1. The lowest BCUT2D eigenvalue weighted by Gasteiger charge is -2.38. The highest BCUT2D eigenvalue weighted by molar-refractivity contribution is 6.42. The molecule has 0 radical (unpaired) electrons. The quantitative estimate of drug-likeness (QED) is 0.595. The first kappa shape index (κ1) is 24.0. The molecule has 2 aromatic carbocycles. The second-order valence-electron chi connectivity index (χ2n) is 7.73. The van der Waals surface area contributed by atoms with Crippen LogP contribution in [-0.2, 0) is 4.79 Å². The summed E-state index contributed by atoms with van der Waals surface area (Å²) in [7, 11) is 0. The van der Waals surface area contributed by atoms with E-state index in [2.05, 4.69) is 10.2 Å². The average Bonchev–Trinajstić information content (AvgIpc) is 2.75. The highest BCUT2D eigenvalue weighted by Crippen LogP contribution is 2.28. The van der Waals surface area contributed by atoms with Gasteiger partial charge in [-0.25, -0.2) is 0 Å². The zero-order valence-electron chi connectivity index (χ0n) is 17.2. The van der Waals surface area contributed by atoms with Crippen LogP contribution in [0.4, 0.5) is 5.69 Å². The number of piperazine rings is 1. The van der Waals surface area contributed by atoms with Crippen LogP contribution in [0.25, 0.3) is 0 Å². The predicted molar refractivity (Wildman–Crippen MR) is 128 cm³/mol. The third-order valence-electron chi connectivity index (χ3n) is 5.26. The molecule has 1 heterocycles.